The molecule has 2 aromatic rings. The molecule has 1 N–H and O–H groups in total. The summed E-state index contributed by atoms with van der Waals surface area (Å²) in [4.78, 5) is 3.67. The van der Waals surface area contributed by atoms with Crippen LogP contribution in [-0.2, 0) is 13.1 Å². The average Bonchev–Trinajstić information content (AvgIpc) is 2.94. The van der Waals surface area contributed by atoms with E-state index >= 15 is 0 Å². The Labute approximate surface area is 125 Å². The second kappa shape index (κ2) is 8.04. The van der Waals surface area contributed by atoms with Crippen LogP contribution in [0, 0.1) is 0 Å². The van der Waals surface area contributed by atoms with Gasteiger partial charge in [-0.1, -0.05) is 18.2 Å². The number of ether oxygens (including phenoxy) is 1. The van der Waals surface area contributed by atoms with Crippen LogP contribution >= 0.6 is 11.3 Å². The molecule has 20 heavy (non-hydrogen) atoms. The van der Waals surface area contributed by atoms with Gasteiger partial charge in [0.05, 0.1) is 0 Å². The number of rotatable bonds is 8. The Kier molecular flexibility index (Phi) is 6.05. The molecule has 108 valence electrons. The second-order valence-electron chi connectivity index (χ2n) is 4.84. The molecular formula is C16H22N2OS. The van der Waals surface area contributed by atoms with Crippen LogP contribution in [-0.4, -0.2) is 32.1 Å². The van der Waals surface area contributed by atoms with Crippen LogP contribution in [0.1, 0.15) is 10.4 Å². The first-order valence-corrected chi connectivity index (χ1v) is 7.73. The molecule has 0 aliphatic heterocycles. The third-order valence-corrected chi connectivity index (χ3v) is 3.91. The first-order valence-electron chi connectivity index (χ1n) is 6.85. The Morgan fingerprint density at radius 1 is 1.20 bits per heavy atom. The summed E-state index contributed by atoms with van der Waals surface area (Å²) in [6.45, 7) is 3.52. The van der Waals surface area contributed by atoms with Crippen molar-refractivity contribution in [2.24, 2.45) is 0 Å². The normalized spacial score (nSPS) is 10.9. The van der Waals surface area contributed by atoms with E-state index in [0.717, 1.165) is 25.4 Å². The fraction of sp³-hybridized carbons (Fsp3) is 0.375. The zero-order chi connectivity index (χ0) is 14.2. The van der Waals surface area contributed by atoms with Gasteiger partial charge in [-0.3, -0.25) is 4.90 Å². The number of nitrogens with one attached hydrogen (secondary N) is 1. The Morgan fingerprint density at radius 2 is 2.00 bits per heavy atom. The largest absolute Gasteiger partial charge is 0.492 e. The van der Waals surface area contributed by atoms with E-state index in [4.69, 9.17) is 4.74 Å². The quantitative estimate of drug-likeness (QED) is 0.809. The SMILES string of the molecule is CNCc1ccc(OCCN(C)Cc2cccs2)cc1. The van der Waals surface area contributed by atoms with E-state index in [-0.39, 0.29) is 0 Å². The maximum atomic E-state index is 5.77. The average molecular weight is 290 g/mol. The van der Waals surface area contributed by atoms with Crippen molar-refractivity contribution in [3.63, 3.8) is 0 Å². The molecule has 3 nitrogen and oxygen atoms in total. The summed E-state index contributed by atoms with van der Waals surface area (Å²) in [5.74, 6) is 0.939. The number of nitrogens with zero attached hydrogens (tertiary/aromatic N) is 1. The van der Waals surface area contributed by atoms with Crippen LogP contribution < -0.4 is 10.1 Å². The van der Waals surface area contributed by atoms with Crippen molar-refractivity contribution in [1.29, 1.82) is 0 Å². The molecule has 2 rings (SSSR count). The van der Waals surface area contributed by atoms with Gasteiger partial charge in [-0.15, -0.1) is 11.3 Å². The van der Waals surface area contributed by atoms with E-state index in [1.807, 2.05) is 19.2 Å². The Bertz CT molecular complexity index is 482. The van der Waals surface area contributed by atoms with Gasteiger partial charge >= 0.3 is 0 Å². The molecular weight excluding hydrogens is 268 g/mol. The van der Waals surface area contributed by atoms with Crippen molar-refractivity contribution in [2.45, 2.75) is 13.1 Å². The zero-order valence-corrected chi connectivity index (χ0v) is 13.0. The van der Waals surface area contributed by atoms with Crippen LogP contribution in [0.25, 0.3) is 0 Å². The topological polar surface area (TPSA) is 24.5 Å². The molecule has 0 fully saturated rings. The van der Waals surface area contributed by atoms with Crippen molar-refractivity contribution < 1.29 is 4.74 Å². The molecule has 1 heterocycles. The van der Waals surface area contributed by atoms with Crippen molar-refractivity contribution in [3.05, 3.63) is 52.2 Å². The lowest BCUT2D eigenvalue weighted by Gasteiger charge is -2.16. The van der Waals surface area contributed by atoms with Crippen LogP contribution in [0.3, 0.4) is 0 Å². The predicted molar refractivity (Wildman–Crippen MR) is 85.4 cm³/mol. The lowest BCUT2D eigenvalue weighted by atomic mass is 10.2. The standard InChI is InChI=1S/C16H22N2OS/c1-17-12-14-5-7-15(8-6-14)19-10-9-18(2)13-16-4-3-11-20-16/h3-8,11,17H,9-10,12-13H2,1-2H3. The smallest absolute Gasteiger partial charge is 0.119 e. The highest BCUT2D eigenvalue weighted by atomic mass is 32.1. The second-order valence-corrected chi connectivity index (χ2v) is 5.87. The maximum absolute atomic E-state index is 5.77. The molecule has 4 heteroatoms. The Hall–Kier alpha value is -1.36. The van der Waals surface area contributed by atoms with Gasteiger partial charge in [-0.25, -0.2) is 0 Å². The third kappa shape index (κ3) is 4.96. The Morgan fingerprint density at radius 3 is 2.65 bits per heavy atom. The summed E-state index contributed by atoms with van der Waals surface area (Å²) in [6, 6.07) is 12.5. The highest BCUT2D eigenvalue weighted by molar-refractivity contribution is 7.09. The van der Waals surface area contributed by atoms with Gasteiger partial charge in [0.2, 0.25) is 0 Å². The molecule has 1 aromatic carbocycles. The van der Waals surface area contributed by atoms with E-state index in [1.54, 1.807) is 11.3 Å². The van der Waals surface area contributed by atoms with Gasteiger partial charge in [-0.05, 0) is 43.2 Å². The van der Waals surface area contributed by atoms with Crippen molar-refractivity contribution in [1.82, 2.24) is 10.2 Å². The van der Waals surface area contributed by atoms with Gasteiger partial charge in [0.1, 0.15) is 12.4 Å². The van der Waals surface area contributed by atoms with Crippen molar-refractivity contribution in [2.75, 3.05) is 27.2 Å². The molecule has 1 aromatic heterocycles. The first kappa shape index (κ1) is 15.0. The van der Waals surface area contributed by atoms with E-state index in [1.165, 1.54) is 10.4 Å². The fourth-order valence-corrected chi connectivity index (χ4v) is 2.76. The zero-order valence-electron chi connectivity index (χ0n) is 12.1. The molecule has 0 spiro atoms. The maximum Gasteiger partial charge on any atom is 0.119 e. The summed E-state index contributed by atoms with van der Waals surface area (Å²) in [5, 5.41) is 5.25. The number of hydrogen-bond acceptors (Lipinski definition) is 4. The van der Waals surface area contributed by atoms with Gasteiger partial charge in [0.15, 0.2) is 0 Å². The van der Waals surface area contributed by atoms with E-state index in [2.05, 4.69) is 46.9 Å². The number of likely N-dealkylation sites (N-methyl/N-ethyl adjacent to an activating group) is 1. The summed E-state index contributed by atoms with van der Waals surface area (Å²) in [6.07, 6.45) is 0. The van der Waals surface area contributed by atoms with E-state index in [9.17, 15) is 0 Å². The molecule has 0 atom stereocenters. The summed E-state index contributed by atoms with van der Waals surface area (Å²) in [7, 11) is 4.08. The van der Waals surface area contributed by atoms with Crippen LogP contribution in [0.15, 0.2) is 41.8 Å². The van der Waals surface area contributed by atoms with Gasteiger partial charge in [-0.2, -0.15) is 0 Å². The van der Waals surface area contributed by atoms with E-state index in [0.29, 0.717) is 6.61 Å². The monoisotopic (exact) mass is 290 g/mol. The summed E-state index contributed by atoms with van der Waals surface area (Å²) in [5.41, 5.74) is 1.27. The molecule has 0 radical (unpaired) electrons. The predicted octanol–water partition coefficient (Wildman–Crippen LogP) is 2.98. The highest BCUT2D eigenvalue weighted by Crippen LogP contribution is 2.13. The number of thiophene rings is 1. The minimum absolute atomic E-state index is 0.716. The van der Waals surface area contributed by atoms with Crippen molar-refractivity contribution >= 4 is 11.3 Å². The lowest BCUT2D eigenvalue weighted by molar-refractivity contribution is 0.234. The van der Waals surface area contributed by atoms with E-state index < -0.39 is 0 Å². The molecule has 0 amide bonds. The Balaban J connectivity index is 1.69. The summed E-state index contributed by atoms with van der Waals surface area (Å²) >= 11 is 1.80. The minimum Gasteiger partial charge on any atom is -0.492 e. The third-order valence-electron chi connectivity index (χ3n) is 3.05. The van der Waals surface area contributed by atoms with Crippen LogP contribution in [0.2, 0.25) is 0 Å². The highest BCUT2D eigenvalue weighted by Gasteiger charge is 2.02. The van der Waals surface area contributed by atoms with Crippen LogP contribution in [0.5, 0.6) is 5.75 Å². The molecule has 0 aliphatic rings. The molecule has 0 saturated heterocycles. The number of benzene rings is 1. The summed E-state index contributed by atoms with van der Waals surface area (Å²) < 4.78 is 5.77. The molecule has 0 saturated carbocycles. The lowest BCUT2D eigenvalue weighted by Crippen LogP contribution is -2.23. The molecule has 0 unspecified atom stereocenters. The fourth-order valence-electron chi connectivity index (χ4n) is 1.97. The van der Waals surface area contributed by atoms with Gasteiger partial charge in [0.25, 0.3) is 0 Å². The van der Waals surface area contributed by atoms with Crippen LogP contribution in [0.4, 0.5) is 0 Å². The van der Waals surface area contributed by atoms with Gasteiger partial charge < -0.3 is 10.1 Å². The number of hydrogen-bond donors (Lipinski definition) is 1. The minimum atomic E-state index is 0.716. The van der Waals surface area contributed by atoms with Gasteiger partial charge in [0, 0.05) is 24.5 Å². The molecule has 0 bridgehead atoms. The van der Waals surface area contributed by atoms with Crippen molar-refractivity contribution in [3.8, 4) is 5.75 Å². The first-order chi connectivity index (χ1) is 9.78. The molecule has 0 aliphatic carbocycles.